The quantitative estimate of drug-likeness (QED) is 0.779. The van der Waals surface area contributed by atoms with Gasteiger partial charge >= 0.3 is 6.09 Å². The molecule has 3 rings (SSSR count). The van der Waals surface area contributed by atoms with Gasteiger partial charge in [-0.1, -0.05) is 0 Å². The van der Waals surface area contributed by atoms with Gasteiger partial charge in [0, 0.05) is 36.9 Å². The van der Waals surface area contributed by atoms with Crippen molar-refractivity contribution in [3.63, 3.8) is 0 Å². The van der Waals surface area contributed by atoms with Crippen molar-refractivity contribution in [1.29, 1.82) is 0 Å². The Hall–Kier alpha value is -2.77. The van der Waals surface area contributed by atoms with Crippen LogP contribution < -0.4 is 11.1 Å². The summed E-state index contributed by atoms with van der Waals surface area (Å²) in [6.45, 7) is 6.71. The second-order valence-corrected chi connectivity index (χ2v) is 7.56. The summed E-state index contributed by atoms with van der Waals surface area (Å²) < 4.78 is 5.47. The third-order valence-corrected chi connectivity index (χ3v) is 4.27. The third kappa shape index (κ3) is 3.89. The Bertz CT molecular complexity index is 824. The van der Waals surface area contributed by atoms with Gasteiger partial charge in [0.15, 0.2) is 0 Å². The first kappa shape index (κ1) is 18.0. The zero-order chi connectivity index (χ0) is 18.9. The molecule has 1 unspecified atom stereocenters. The van der Waals surface area contributed by atoms with Crippen LogP contribution in [0.3, 0.4) is 0 Å². The maximum absolute atomic E-state index is 12.3. The molecule has 1 saturated heterocycles. The van der Waals surface area contributed by atoms with E-state index in [2.05, 4.69) is 15.3 Å². The van der Waals surface area contributed by atoms with Gasteiger partial charge in [-0.25, -0.2) is 9.78 Å². The molecule has 140 valence electrons. The zero-order valence-electron chi connectivity index (χ0n) is 15.3. The van der Waals surface area contributed by atoms with Crippen LogP contribution in [-0.4, -0.2) is 51.6 Å². The number of carbonyl (C=O) groups excluding carboxylic acids is 2. The zero-order valence-corrected chi connectivity index (χ0v) is 15.3. The molecule has 0 aromatic carbocycles. The number of anilines is 1. The van der Waals surface area contributed by atoms with Crippen molar-refractivity contribution < 1.29 is 14.3 Å². The van der Waals surface area contributed by atoms with Crippen molar-refractivity contribution in [1.82, 2.24) is 14.9 Å². The first-order valence-corrected chi connectivity index (χ1v) is 8.75. The highest BCUT2D eigenvalue weighted by Crippen LogP contribution is 2.27. The van der Waals surface area contributed by atoms with Crippen LogP contribution in [0, 0.1) is 0 Å². The van der Waals surface area contributed by atoms with Crippen molar-refractivity contribution in [3.8, 4) is 0 Å². The van der Waals surface area contributed by atoms with Gasteiger partial charge in [-0.05, 0) is 39.7 Å². The van der Waals surface area contributed by atoms with Crippen LogP contribution in [0.15, 0.2) is 18.5 Å². The molecule has 0 radical (unpaired) electrons. The normalized spacial score (nSPS) is 18.0. The molecule has 1 aliphatic rings. The number of nitrogens with two attached hydrogens (primary N) is 1. The number of ether oxygens (including phenoxy) is 1. The van der Waals surface area contributed by atoms with Crippen LogP contribution in [0.1, 0.15) is 44.0 Å². The van der Waals surface area contributed by atoms with Crippen molar-refractivity contribution in [2.24, 2.45) is 5.73 Å². The van der Waals surface area contributed by atoms with E-state index in [4.69, 9.17) is 10.5 Å². The summed E-state index contributed by atoms with van der Waals surface area (Å²) in [6, 6.07) is 1.85. The fourth-order valence-electron chi connectivity index (χ4n) is 3.14. The number of aromatic nitrogens is 2. The maximum Gasteiger partial charge on any atom is 0.410 e. The van der Waals surface area contributed by atoms with Gasteiger partial charge < -0.3 is 25.7 Å². The van der Waals surface area contributed by atoms with Crippen LogP contribution >= 0.6 is 0 Å². The number of fused-ring (bicyclic) bond motifs is 1. The van der Waals surface area contributed by atoms with Gasteiger partial charge in [0.25, 0.3) is 5.91 Å². The Morgan fingerprint density at radius 2 is 2.19 bits per heavy atom. The van der Waals surface area contributed by atoms with Gasteiger partial charge in [0.05, 0.1) is 11.3 Å². The number of carbonyl (C=O) groups is 2. The molecule has 0 aliphatic carbocycles. The minimum atomic E-state index is -0.539. The summed E-state index contributed by atoms with van der Waals surface area (Å²) in [6.07, 6.45) is 4.65. The summed E-state index contributed by atoms with van der Waals surface area (Å²) in [5.41, 5.74) is 6.65. The Labute approximate surface area is 152 Å². The third-order valence-electron chi connectivity index (χ3n) is 4.27. The minimum Gasteiger partial charge on any atom is -0.444 e. The van der Waals surface area contributed by atoms with Gasteiger partial charge in [-0.3, -0.25) is 4.79 Å². The second-order valence-electron chi connectivity index (χ2n) is 7.56. The van der Waals surface area contributed by atoms with Crippen LogP contribution in [0.4, 0.5) is 10.5 Å². The van der Waals surface area contributed by atoms with E-state index in [1.165, 1.54) is 6.20 Å². The number of nitrogens with one attached hydrogen (secondary N) is 2. The van der Waals surface area contributed by atoms with E-state index < -0.39 is 11.5 Å². The Morgan fingerprint density at radius 3 is 2.88 bits per heavy atom. The van der Waals surface area contributed by atoms with Crippen molar-refractivity contribution in [2.75, 3.05) is 18.4 Å². The molecule has 2 aromatic rings. The monoisotopic (exact) mass is 359 g/mol. The first-order chi connectivity index (χ1) is 12.2. The van der Waals surface area contributed by atoms with Gasteiger partial charge in [-0.2, -0.15) is 0 Å². The topological polar surface area (TPSA) is 113 Å². The van der Waals surface area contributed by atoms with Gasteiger partial charge in [0.1, 0.15) is 11.2 Å². The number of pyridine rings is 1. The average Bonchev–Trinajstić information content (AvgIpc) is 3.02. The molecular weight excluding hydrogens is 334 g/mol. The molecule has 1 aliphatic heterocycles. The minimum absolute atomic E-state index is 0.00475. The van der Waals surface area contributed by atoms with Crippen LogP contribution in [0.25, 0.3) is 11.0 Å². The number of amides is 2. The standard InChI is InChI=1S/C18H25N5O3/c1-18(2,3)26-17(25)23-8-4-5-11(10-23)22-14-12-6-7-20-16(12)21-9-13(14)15(19)24/h6-7,9,11H,4-5,8,10H2,1-3H3,(H2,19,24)(H2,20,21,22). The average molecular weight is 359 g/mol. The lowest BCUT2D eigenvalue weighted by Crippen LogP contribution is -2.47. The fourth-order valence-corrected chi connectivity index (χ4v) is 3.14. The van der Waals surface area contributed by atoms with Crippen molar-refractivity contribution in [2.45, 2.75) is 45.3 Å². The lowest BCUT2D eigenvalue weighted by atomic mass is 10.0. The molecule has 1 fully saturated rings. The molecule has 26 heavy (non-hydrogen) atoms. The number of rotatable bonds is 3. The second kappa shape index (κ2) is 6.86. The summed E-state index contributed by atoms with van der Waals surface area (Å²) in [5, 5.41) is 4.20. The van der Waals surface area contributed by atoms with Crippen molar-refractivity contribution in [3.05, 3.63) is 24.0 Å². The smallest absolute Gasteiger partial charge is 0.410 e. The fraction of sp³-hybridized carbons (Fsp3) is 0.500. The number of likely N-dealkylation sites (tertiary alicyclic amines) is 1. The molecule has 1 atom stereocenters. The SMILES string of the molecule is CC(C)(C)OC(=O)N1CCCC(Nc2c(C(N)=O)cnc3[nH]ccc23)C1. The Kier molecular flexibility index (Phi) is 4.76. The number of nitrogens with zero attached hydrogens (tertiary/aromatic N) is 2. The largest absolute Gasteiger partial charge is 0.444 e. The number of primary amides is 1. The van der Waals surface area contributed by atoms with Crippen LogP contribution in [0.5, 0.6) is 0 Å². The summed E-state index contributed by atoms with van der Waals surface area (Å²) in [4.78, 5) is 33.1. The van der Waals surface area contributed by atoms with E-state index in [9.17, 15) is 9.59 Å². The molecule has 3 heterocycles. The molecule has 0 bridgehead atoms. The summed E-state index contributed by atoms with van der Waals surface area (Å²) in [7, 11) is 0. The molecule has 8 heteroatoms. The highest BCUT2D eigenvalue weighted by atomic mass is 16.6. The molecule has 0 saturated carbocycles. The van der Waals surface area contributed by atoms with E-state index in [0.29, 0.717) is 30.0 Å². The lowest BCUT2D eigenvalue weighted by Gasteiger charge is -2.35. The van der Waals surface area contributed by atoms with Crippen LogP contribution in [-0.2, 0) is 4.74 Å². The number of hydrogen-bond acceptors (Lipinski definition) is 5. The summed E-state index contributed by atoms with van der Waals surface area (Å²) >= 11 is 0. The number of piperidine rings is 1. The Morgan fingerprint density at radius 1 is 1.42 bits per heavy atom. The molecule has 0 spiro atoms. The van der Waals surface area contributed by atoms with Gasteiger partial charge in [0.2, 0.25) is 0 Å². The highest BCUT2D eigenvalue weighted by molar-refractivity contribution is 6.06. The highest BCUT2D eigenvalue weighted by Gasteiger charge is 2.28. The van der Waals surface area contributed by atoms with Crippen LogP contribution in [0.2, 0.25) is 0 Å². The number of H-pyrrole nitrogens is 1. The maximum atomic E-state index is 12.3. The summed E-state index contributed by atoms with van der Waals surface area (Å²) in [5.74, 6) is -0.539. The van der Waals surface area contributed by atoms with E-state index in [1.54, 1.807) is 11.1 Å². The molecular formula is C18H25N5O3. The molecule has 2 amide bonds. The Balaban J connectivity index is 1.80. The van der Waals surface area contributed by atoms with E-state index in [-0.39, 0.29) is 12.1 Å². The molecule has 2 aromatic heterocycles. The lowest BCUT2D eigenvalue weighted by molar-refractivity contribution is 0.0206. The predicted molar refractivity (Wildman–Crippen MR) is 99.1 cm³/mol. The molecule has 4 N–H and O–H groups in total. The number of aromatic amines is 1. The predicted octanol–water partition coefficient (Wildman–Crippen LogP) is 2.47. The van der Waals surface area contributed by atoms with Crippen molar-refractivity contribution >= 4 is 28.7 Å². The number of hydrogen-bond donors (Lipinski definition) is 3. The van der Waals surface area contributed by atoms with E-state index in [0.717, 1.165) is 18.2 Å². The van der Waals surface area contributed by atoms with E-state index in [1.807, 2.05) is 26.8 Å². The first-order valence-electron chi connectivity index (χ1n) is 8.75. The van der Waals surface area contributed by atoms with Gasteiger partial charge in [-0.15, -0.1) is 0 Å². The molecule has 8 nitrogen and oxygen atoms in total. The van der Waals surface area contributed by atoms with E-state index >= 15 is 0 Å².